The van der Waals surface area contributed by atoms with E-state index in [4.69, 9.17) is 0 Å². The lowest BCUT2D eigenvalue weighted by atomic mass is 10.2. The van der Waals surface area contributed by atoms with E-state index in [1.165, 1.54) is 0 Å². The van der Waals surface area contributed by atoms with Gasteiger partial charge in [-0.3, -0.25) is 0 Å². The Morgan fingerprint density at radius 3 is 3.00 bits per heavy atom. The first kappa shape index (κ1) is 7.10. The van der Waals surface area contributed by atoms with Crippen molar-refractivity contribution in [1.29, 1.82) is 0 Å². The number of nitrogens with zero attached hydrogens (tertiary/aromatic N) is 1. The van der Waals surface area contributed by atoms with Gasteiger partial charge in [0.1, 0.15) is 6.20 Å². The third-order valence-corrected chi connectivity index (χ3v) is 1.80. The second-order valence-electron chi connectivity index (χ2n) is 2.59. The number of rotatable bonds is 1. The number of pyridine rings is 1. The van der Waals surface area contributed by atoms with Gasteiger partial charge in [0.25, 0.3) is 0 Å². The van der Waals surface area contributed by atoms with E-state index in [1.54, 1.807) is 0 Å². The molecule has 0 saturated carbocycles. The molecule has 2 aromatic rings. The van der Waals surface area contributed by atoms with Gasteiger partial charge in [0.15, 0.2) is 0 Å². The molecule has 2 rings (SSSR count). The zero-order chi connectivity index (χ0) is 8.39. The Kier molecular flexibility index (Phi) is 1.67. The molecular formula is C10H9N2. The van der Waals surface area contributed by atoms with E-state index in [-0.39, 0.29) is 0 Å². The summed E-state index contributed by atoms with van der Waals surface area (Å²) in [6, 6.07) is 10.0. The standard InChI is InChI=1S/C10H9N2/c1-11-9-6-8-4-2-3-5-10(8)12-7-9/h2-6,11H,1H3. The summed E-state index contributed by atoms with van der Waals surface area (Å²) in [4.78, 5) is 4.16. The first-order valence-electron chi connectivity index (χ1n) is 3.85. The quantitative estimate of drug-likeness (QED) is 0.685. The van der Waals surface area contributed by atoms with Crippen LogP contribution < -0.4 is 5.32 Å². The molecule has 0 unspecified atom stereocenters. The number of aromatic nitrogens is 1. The minimum absolute atomic E-state index is 0.925. The summed E-state index contributed by atoms with van der Waals surface area (Å²) in [5.74, 6) is 0. The van der Waals surface area contributed by atoms with Crippen molar-refractivity contribution in [2.75, 3.05) is 12.4 Å². The number of benzene rings is 1. The number of hydrogen-bond acceptors (Lipinski definition) is 2. The summed E-state index contributed by atoms with van der Waals surface area (Å²) in [6.07, 6.45) is 2.90. The highest BCUT2D eigenvalue weighted by atomic mass is 14.8. The van der Waals surface area contributed by atoms with Gasteiger partial charge in [-0.15, -0.1) is 0 Å². The van der Waals surface area contributed by atoms with Crippen LogP contribution in [-0.4, -0.2) is 12.0 Å². The van der Waals surface area contributed by atoms with Crippen LogP contribution in [0.2, 0.25) is 0 Å². The Morgan fingerprint density at radius 2 is 2.17 bits per heavy atom. The van der Waals surface area contributed by atoms with E-state index in [0.717, 1.165) is 16.6 Å². The fourth-order valence-corrected chi connectivity index (χ4v) is 1.15. The van der Waals surface area contributed by atoms with Crippen molar-refractivity contribution in [2.45, 2.75) is 0 Å². The lowest BCUT2D eigenvalue weighted by Gasteiger charge is -1.99. The molecule has 0 atom stereocenters. The van der Waals surface area contributed by atoms with Crippen molar-refractivity contribution < 1.29 is 0 Å². The zero-order valence-electron chi connectivity index (χ0n) is 6.83. The molecule has 59 valence electrons. The zero-order valence-corrected chi connectivity index (χ0v) is 6.83. The molecule has 0 aliphatic heterocycles. The molecule has 12 heavy (non-hydrogen) atoms. The third kappa shape index (κ3) is 1.11. The van der Waals surface area contributed by atoms with Gasteiger partial charge in [0.2, 0.25) is 0 Å². The van der Waals surface area contributed by atoms with E-state index < -0.39 is 0 Å². The second-order valence-corrected chi connectivity index (χ2v) is 2.59. The first-order chi connectivity index (χ1) is 5.90. The van der Waals surface area contributed by atoms with Gasteiger partial charge in [-0.05, 0) is 12.1 Å². The lowest BCUT2D eigenvalue weighted by Crippen LogP contribution is -1.89. The van der Waals surface area contributed by atoms with Crippen LogP contribution >= 0.6 is 0 Å². The maximum absolute atomic E-state index is 4.16. The van der Waals surface area contributed by atoms with Gasteiger partial charge in [0.05, 0.1) is 11.2 Å². The largest absolute Gasteiger partial charge is 0.386 e. The smallest absolute Gasteiger partial charge is 0.115 e. The van der Waals surface area contributed by atoms with Gasteiger partial charge in [-0.25, -0.2) is 4.98 Å². The van der Waals surface area contributed by atoms with Gasteiger partial charge in [0, 0.05) is 12.4 Å². The Bertz CT molecular complexity index is 396. The van der Waals surface area contributed by atoms with Crippen LogP contribution in [0.1, 0.15) is 0 Å². The second kappa shape index (κ2) is 2.81. The van der Waals surface area contributed by atoms with Crippen LogP contribution in [0.5, 0.6) is 0 Å². The van der Waals surface area contributed by atoms with Crippen LogP contribution in [0.15, 0.2) is 30.3 Å². The average Bonchev–Trinajstić information content (AvgIpc) is 2.17. The van der Waals surface area contributed by atoms with Crippen molar-refractivity contribution in [3.05, 3.63) is 36.5 Å². The molecule has 2 heteroatoms. The number of para-hydroxylation sites is 1. The molecule has 0 spiro atoms. The summed E-state index contributed by atoms with van der Waals surface area (Å²) in [7, 11) is 1.86. The van der Waals surface area contributed by atoms with Crippen LogP contribution in [-0.2, 0) is 0 Å². The average molecular weight is 157 g/mol. The number of anilines is 1. The van der Waals surface area contributed by atoms with E-state index in [9.17, 15) is 0 Å². The summed E-state index contributed by atoms with van der Waals surface area (Å²) < 4.78 is 0. The van der Waals surface area contributed by atoms with Crippen LogP contribution in [0.3, 0.4) is 0 Å². The molecule has 1 aromatic carbocycles. The summed E-state index contributed by atoms with van der Waals surface area (Å²) >= 11 is 0. The Morgan fingerprint density at radius 1 is 1.33 bits per heavy atom. The predicted molar refractivity (Wildman–Crippen MR) is 50.1 cm³/mol. The Labute approximate surface area is 71.2 Å². The molecule has 0 amide bonds. The maximum Gasteiger partial charge on any atom is 0.115 e. The summed E-state index contributed by atoms with van der Waals surface area (Å²) in [5.41, 5.74) is 1.91. The van der Waals surface area contributed by atoms with E-state index in [1.807, 2.05) is 37.4 Å². The van der Waals surface area contributed by atoms with Crippen molar-refractivity contribution >= 4 is 16.6 Å². The highest BCUT2D eigenvalue weighted by molar-refractivity contribution is 5.81. The topological polar surface area (TPSA) is 24.9 Å². The number of fused-ring (bicyclic) bond motifs is 1. The van der Waals surface area contributed by atoms with E-state index in [0.29, 0.717) is 0 Å². The summed E-state index contributed by atoms with van der Waals surface area (Å²) in [5, 5.41) is 4.14. The first-order valence-corrected chi connectivity index (χ1v) is 3.85. The highest BCUT2D eigenvalue weighted by Gasteiger charge is 1.94. The molecule has 0 bridgehead atoms. The molecule has 1 radical (unpaired) electrons. The molecule has 1 heterocycles. The van der Waals surface area contributed by atoms with Crippen LogP contribution in [0.4, 0.5) is 5.69 Å². The predicted octanol–water partition coefficient (Wildman–Crippen LogP) is 2.08. The molecular weight excluding hydrogens is 148 g/mol. The van der Waals surface area contributed by atoms with E-state index in [2.05, 4.69) is 16.5 Å². The normalized spacial score (nSPS) is 10.1. The number of nitrogens with one attached hydrogen (secondary N) is 1. The summed E-state index contributed by atoms with van der Waals surface area (Å²) in [6.45, 7) is 0. The van der Waals surface area contributed by atoms with Gasteiger partial charge >= 0.3 is 0 Å². The lowest BCUT2D eigenvalue weighted by molar-refractivity contribution is 1.36. The molecule has 1 N–H and O–H groups in total. The molecule has 2 nitrogen and oxygen atoms in total. The Hall–Kier alpha value is -1.57. The van der Waals surface area contributed by atoms with Crippen LogP contribution in [0, 0.1) is 6.20 Å². The Balaban J connectivity index is 2.67. The van der Waals surface area contributed by atoms with Crippen LogP contribution in [0.25, 0.3) is 10.9 Å². The van der Waals surface area contributed by atoms with E-state index >= 15 is 0 Å². The SMILES string of the molecule is CNc1[c]nc2ccccc2c1. The van der Waals surface area contributed by atoms with Gasteiger partial charge < -0.3 is 5.32 Å². The van der Waals surface area contributed by atoms with Crippen molar-refractivity contribution in [3.63, 3.8) is 0 Å². The van der Waals surface area contributed by atoms with Gasteiger partial charge in [-0.1, -0.05) is 18.2 Å². The van der Waals surface area contributed by atoms with Crippen molar-refractivity contribution in [2.24, 2.45) is 0 Å². The molecule has 0 fully saturated rings. The van der Waals surface area contributed by atoms with Crippen molar-refractivity contribution in [3.8, 4) is 0 Å². The van der Waals surface area contributed by atoms with Crippen molar-refractivity contribution in [1.82, 2.24) is 4.98 Å². The van der Waals surface area contributed by atoms with Gasteiger partial charge in [-0.2, -0.15) is 0 Å². The molecule has 0 saturated heterocycles. The minimum Gasteiger partial charge on any atom is -0.386 e. The molecule has 0 aliphatic rings. The molecule has 0 aliphatic carbocycles. The maximum atomic E-state index is 4.16. The number of hydrogen-bond donors (Lipinski definition) is 1. The monoisotopic (exact) mass is 157 g/mol. The fraction of sp³-hybridized carbons (Fsp3) is 0.100. The third-order valence-electron chi connectivity index (χ3n) is 1.80. The fourth-order valence-electron chi connectivity index (χ4n) is 1.15. The molecule has 1 aromatic heterocycles. The highest BCUT2D eigenvalue weighted by Crippen LogP contribution is 2.14. The minimum atomic E-state index is 0.925.